The van der Waals surface area contributed by atoms with Crippen molar-refractivity contribution in [2.45, 2.75) is 13.3 Å². The zero-order chi connectivity index (χ0) is 16.8. The first-order chi connectivity index (χ1) is 11.0. The molecular weight excluding hydrogens is 323 g/mol. The van der Waals surface area contributed by atoms with Gasteiger partial charge in [-0.2, -0.15) is 0 Å². The fourth-order valence-electron chi connectivity index (χ4n) is 2.39. The number of halogens is 2. The van der Waals surface area contributed by atoms with Gasteiger partial charge in [0.1, 0.15) is 12.4 Å². The van der Waals surface area contributed by atoms with Crippen molar-refractivity contribution in [2.24, 2.45) is 0 Å². The molecular formula is C16H20ClFN2O3. The van der Waals surface area contributed by atoms with E-state index in [1.165, 1.54) is 12.1 Å². The zero-order valence-electron chi connectivity index (χ0n) is 13.1. The Hall–Kier alpha value is -1.66. The molecule has 23 heavy (non-hydrogen) atoms. The molecule has 0 radical (unpaired) electrons. The van der Waals surface area contributed by atoms with Crippen molar-refractivity contribution in [1.82, 2.24) is 9.80 Å². The first-order valence-electron chi connectivity index (χ1n) is 7.62. The Bertz CT molecular complexity index is 574. The monoisotopic (exact) mass is 342 g/mol. The highest BCUT2D eigenvalue weighted by molar-refractivity contribution is 6.30. The van der Waals surface area contributed by atoms with E-state index in [9.17, 15) is 14.0 Å². The molecule has 0 bridgehead atoms. The molecule has 1 aromatic carbocycles. The third-order valence-corrected chi connectivity index (χ3v) is 3.89. The standard InChI is InChI=1S/C16H20ClFN2O3/c1-2-9-23-11-15(21)19-5-7-20(8-6-19)16(22)13-4-3-12(17)10-14(13)18/h3-4,10H,2,5-9,11H2,1H3. The molecule has 0 aliphatic carbocycles. The SMILES string of the molecule is CCCOCC(=O)N1CCN(C(=O)c2ccc(Cl)cc2F)CC1. The smallest absolute Gasteiger partial charge is 0.256 e. The lowest BCUT2D eigenvalue weighted by Gasteiger charge is -2.34. The second kappa shape index (κ2) is 8.26. The lowest BCUT2D eigenvalue weighted by Crippen LogP contribution is -2.51. The van der Waals surface area contributed by atoms with Crippen LogP contribution in [0.2, 0.25) is 5.02 Å². The van der Waals surface area contributed by atoms with Gasteiger partial charge in [-0.25, -0.2) is 4.39 Å². The second-order valence-corrected chi connectivity index (χ2v) is 5.79. The molecule has 0 spiro atoms. The molecule has 2 rings (SSSR count). The van der Waals surface area contributed by atoms with Gasteiger partial charge < -0.3 is 14.5 Å². The Labute approximate surface area is 140 Å². The molecule has 1 fully saturated rings. The summed E-state index contributed by atoms with van der Waals surface area (Å²) in [6.45, 7) is 4.20. The fraction of sp³-hybridized carbons (Fsp3) is 0.500. The Morgan fingerprint density at radius 1 is 1.22 bits per heavy atom. The van der Waals surface area contributed by atoms with Gasteiger partial charge in [0.05, 0.1) is 5.56 Å². The van der Waals surface area contributed by atoms with Crippen LogP contribution in [0.1, 0.15) is 23.7 Å². The van der Waals surface area contributed by atoms with E-state index in [1.54, 1.807) is 9.80 Å². The van der Waals surface area contributed by atoms with Crippen LogP contribution in [0.3, 0.4) is 0 Å². The molecule has 0 atom stereocenters. The number of nitrogens with zero attached hydrogens (tertiary/aromatic N) is 2. The van der Waals surface area contributed by atoms with Crippen LogP contribution >= 0.6 is 11.6 Å². The van der Waals surface area contributed by atoms with E-state index in [4.69, 9.17) is 16.3 Å². The molecule has 7 heteroatoms. The van der Waals surface area contributed by atoms with E-state index in [0.717, 1.165) is 12.5 Å². The van der Waals surface area contributed by atoms with Crippen molar-refractivity contribution in [2.75, 3.05) is 39.4 Å². The maximum Gasteiger partial charge on any atom is 0.256 e. The minimum absolute atomic E-state index is 0.000422. The summed E-state index contributed by atoms with van der Waals surface area (Å²) in [7, 11) is 0. The summed E-state index contributed by atoms with van der Waals surface area (Å²) in [5.41, 5.74) is 0.000422. The topological polar surface area (TPSA) is 49.9 Å². The number of ether oxygens (including phenoxy) is 1. The average Bonchev–Trinajstić information content (AvgIpc) is 2.54. The van der Waals surface area contributed by atoms with Gasteiger partial charge in [-0.05, 0) is 24.6 Å². The number of carbonyl (C=O) groups excluding carboxylic acids is 2. The molecule has 0 saturated carbocycles. The van der Waals surface area contributed by atoms with Crippen molar-refractivity contribution < 1.29 is 18.7 Å². The molecule has 0 N–H and O–H groups in total. The summed E-state index contributed by atoms with van der Waals surface area (Å²) in [5.74, 6) is -1.09. The maximum absolute atomic E-state index is 13.8. The third kappa shape index (κ3) is 4.65. The molecule has 0 unspecified atom stereocenters. The largest absolute Gasteiger partial charge is 0.372 e. The number of amides is 2. The van der Waals surface area contributed by atoms with Gasteiger partial charge in [-0.3, -0.25) is 9.59 Å². The number of carbonyl (C=O) groups is 2. The first-order valence-corrected chi connectivity index (χ1v) is 8.00. The van der Waals surface area contributed by atoms with Crippen molar-refractivity contribution in [3.63, 3.8) is 0 Å². The molecule has 0 aromatic heterocycles. The molecule has 1 heterocycles. The number of rotatable bonds is 5. The van der Waals surface area contributed by atoms with Crippen LogP contribution in [0.25, 0.3) is 0 Å². The fourth-order valence-corrected chi connectivity index (χ4v) is 2.55. The highest BCUT2D eigenvalue weighted by Crippen LogP contribution is 2.17. The Balaban J connectivity index is 1.88. The highest BCUT2D eigenvalue weighted by atomic mass is 35.5. The van der Waals surface area contributed by atoms with Crippen molar-refractivity contribution in [3.05, 3.63) is 34.6 Å². The van der Waals surface area contributed by atoms with Gasteiger partial charge in [0.2, 0.25) is 5.91 Å². The van der Waals surface area contributed by atoms with E-state index >= 15 is 0 Å². The number of piperazine rings is 1. The van der Waals surface area contributed by atoms with E-state index in [1.807, 2.05) is 6.92 Å². The first kappa shape index (κ1) is 17.7. The van der Waals surface area contributed by atoms with Crippen LogP contribution in [0, 0.1) is 5.82 Å². The maximum atomic E-state index is 13.8. The molecule has 5 nitrogen and oxygen atoms in total. The van der Waals surface area contributed by atoms with E-state index < -0.39 is 5.82 Å². The summed E-state index contributed by atoms with van der Waals surface area (Å²) in [6.07, 6.45) is 0.863. The second-order valence-electron chi connectivity index (χ2n) is 5.35. The lowest BCUT2D eigenvalue weighted by atomic mass is 10.1. The minimum Gasteiger partial charge on any atom is -0.372 e. The molecule has 1 aliphatic heterocycles. The normalized spacial score (nSPS) is 14.9. The van der Waals surface area contributed by atoms with Gasteiger partial charge in [-0.1, -0.05) is 18.5 Å². The number of benzene rings is 1. The number of hydrogen-bond donors (Lipinski definition) is 0. The lowest BCUT2D eigenvalue weighted by molar-refractivity contribution is -0.137. The predicted molar refractivity (Wildman–Crippen MR) is 85.0 cm³/mol. The average molecular weight is 343 g/mol. The summed E-state index contributed by atoms with van der Waals surface area (Å²) in [4.78, 5) is 27.5. The molecule has 1 aromatic rings. The van der Waals surface area contributed by atoms with Crippen LogP contribution in [0.5, 0.6) is 0 Å². The van der Waals surface area contributed by atoms with Crippen LogP contribution in [-0.2, 0) is 9.53 Å². The molecule has 1 saturated heterocycles. The Kier molecular flexibility index (Phi) is 6.36. The summed E-state index contributed by atoms with van der Waals surface area (Å²) in [6, 6.07) is 4.00. The predicted octanol–water partition coefficient (Wildman–Crippen LogP) is 2.19. The van der Waals surface area contributed by atoms with Crippen molar-refractivity contribution in [1.29, 1.82) is 0 Å². The van der Waals surface area contributed by atoms with Gasteiger partial charge >= 0.3 is 0 Å². The molecule has 2 amide bonds. The summed E-state index contributed by atoms with van der Waals surface area (Å²) < 4.78 is 19.1. The van der Waals surface area contributed by atoms with Crippen LogP contribution in [0.4, 0.5) is 4.39 Å². The van der Waals surface area contributed by atoms with Crippen LogP contribution in [0.15, 0.2) is 18.2 Å². The summed E-state index contributed by atoms with van der Waals surface area (Å²) >= 11 is 5.69. The molecule has 126 valence electrons. The quantitative estimate of drug-likeness (QED) is 0.771. The minimum atomic E-state index is -0.631. The van der Waals surface area contributed by atoms with Crippen molar-refractivity contribution in [3.8, 4) is 0 Å². The molecule has 1 aliphatic rings. The number of hydrogen-bond acceptors (Lipinski definition) is 3. The van der Waals surface area contributed by atoms with Crippen LogP contribution < -0.4 is 0 Å². The van der Waals surface area contributed by atoms with Crippen LogP contribution in [-0.4, -0.2) is 61.0 Å². The summed E-state index contributed by atoms with van der Waals surface area (Å²) in [5, 5.41) is 0.251. The van der Waals surface area contributed by atoms with Gasteiger partial charge in [0, 0.05) is 37.8 Å². The van der Waals surface area contributed by atoms with E-state index in [-0.39, 0.29) is 29.0 Å². The third-order valence-electron chi connectivity index (χ3n) is 3.66. The van der Waals surface area contributed by atoms with Crippen molar-refractivity contribution >= 4 is 23.4 Å². The highest BCUT2D eigenvalue weighted by Gasteiger charge is 2.26. The Morgan fingerprint density at radius 2 is 1.87 bits per heavy atom. The van der Waals surface area contributed by atoms with E-state index in [2.05, 4.69) is 0 Å². The Morgan fingerprint density at radius 3 is 2.48 bits per heavy atom. The van der Waals surface area contributed by atoms with Gasteiger partial charge in [-0.15, -0.1) is 0 Å². The van der Waals surface area contributed by atoms with Gasteiger partial charge in [0.25, 0.3) is 5.91 Å². The van der Waals surface area contributed by atoms with E-state index in [0.29, 0.717) is 32.8 Å². The zero-order valence-corrected chi connectivity index (χ0v) is 13.8. The van der Waals surface area contributed by atoms with Gasteiger partial charge in [0.15, 0.2) is 0 Å².